The molecule has 3 nitrogen and oxygen atoms in total. The van der Waals surface area contributed by atoms with Gasteiger partial charge in [0.1, 0.15) is 5.75 Å². The lowest BCUT2D eigenvalue weighted by Crippen LogP contribution is -2.06. The number of aromatic hydroxyl groups is 1. The molecular weight excluding hydrogens is 635 g/mol. The van der Waals surface area contributed by atoms with Gasteiger partial charge in [0, 0.05) is 20.0 Å². The molecule has 7 heteroatoms. The molecule has 3 aromatic carbocycles. The fraction of sp³-hybridized carbons (Fsp3) is 0.0909. The first kappa shape index (κ1) is 22.3. The number of hydrogen-bond donors (Lipinski definition) is 1. The van der Waals surface area contributed by atoms with Crippen LogP contribution in [0.4, 0.5) is 0 Å². The quantitative estimate of drug-likeness (QED) is 0.240. The van der Waals surface area contributed by atoms with Crippen molar-refractivity contribution >= 4 is 74.2 Å². The highest BCUT2D eigenvalue weighted by Crippen LogP contribution is 2.32. The van der Waals surface area contributed by atoms with Crippen molar-refractivity contribution < 1.29 is 9.90 Å². The highest BCUT2D eigenvalue weighted by molar-refractivity contribution is 14.1. The highest BCUT2D eigenvalue weighted by atomic mass is 127. The largest absolute Gasteiger partial charge is 0.506 e. The maximum atomic E-state index is 12.7. The van der Waals surface area contributed by atoms with E-state index in [1.807, 2.05) is 22.6 Å². The van der Waals surface area contributed by atoms with E-state index in [4.69, 9.17) is 23.2 Å². The zero-order valence-electron chi connectivity index (χ0n) is 14.8. The maximum absolute atomic E-state index is 12.7. The van der Waals surface area contributed by atoms with Gasteiger partial charge in [-0.3, -0.25) is 4.79 Å². The lowest BCUT2D eigenvalue weighted by atomic mass is 9.91. The third-order valence-corrected chi connectivity index (χ3v) is 6.43. The van der Waals surface area contributed by atoms with Gasteiger partial charge >= 0.3 is 0 Å². The number of carbonyl (C=O) groups is 1. The third kappa shape index (κ3) is 5.23. The van der Waals surface area contributed by atoms with E-state index < -0.39 is 5.92 Å². The molecule has 0 spiro atoms. The molecule has 146 valence electrons. The zero-order valence-corrected chi connectivity index (χ0v) is 20.6. The van der Waals surface area contributed by atoms with Gasteiger partial charge in [-0.05, 0) is 92.2 Å². The summed E-state index contributed by atoms with van der Waals surface area (Å²) in [6.45, 7) is 0. The Morgan fingerprint density at radius 3 is 2.38 bits per heavy atom. The summed E-state index contributed by atoms with van der Waals surface area (Å²) in [4.78, 5) is 12.7. The lowest BCUT2D eigenvalue weighted by molar-refractivity contribution is 0.0990. The summed E-state index contributed by atoms with van der Waals surface area (Å²) in [6.07, 6.45) is 0.0991. The number of halogens is 4. The van der Waals surface area contributed by atoms with E-state index in [-0.39, 0.29) is 23.5 Å². The van der Waals surface area contributed by atoms with Crippen LogP contribution in [0.3, 0.4) is 0 Å². The average molecular weight is 648 g/mol. The first-order valence-electron chi connectivity index (χ1n) is 8.44. The monoisotopic (exact) mass is 647 g/mol. The number of phenols is 1. The Balaban J connectivity index is 1.87. The molecule has 0 fully saturated rings. The molecule has 29 heavy (non-hydrogen) atoms. The summed E-state index contributed by atoms with van der Waals surface area (Å²) in [5.74, 6) is -0.742. The smallest absolute Gasteiger partial charge is 0.171 e. The van der Waals surface area contributed by atoms with Crippen molar-refractivity contribution in [2.45, 2.75) is 12.3 Å². The summed E-state index contributed by atoms with van der Waals surface area (Å²) in [5.41, 5.74) is 2.46. The molecule has 1 N–H and O–H groups in total. The molecule has 0 radical (unpaired) electrons. The molecule has 1 atom stereocenters. The van der Waals surface area contributed by atoms with E-state index in [1.54, 1.807) is 54.6 Å². The van der Waals surface area contributed by atoms with E-state index in [0.717, 1.165) is 9.13 Å². The first-order chi connectivity index (χ1) is 13.8. The Morgan fingerprint density at radius 2 is 1.76 bits per heavy atom. The molecule has 3 aromatic rings. The molecule has 0 aliphatic rings. The van der Waals surface area contributed by atoms with E-state index >= 15 is 0 Å². The number of nitrogens with zero attached hydrogens (tertiary/aromatic N) is 1. The van der Waals surface area contributed by atoms with E-state index in [2.05, 4.69) is 28.7 Å². The molecule has 0 aliphatic heterocycles. The Labute approximate surface area is 205 Å². The summed E-state index contributed by atoms with van der Waals surface area (Å²) in [5, 5.41) is 20.9. The molecular formula is C22H13Cl2I2NO2. The second-order valence-corrected chi connectivity index (χ2v) is 9.60. The number of rotatable bonds is 5. The third-order valence-electron chi connectivity index (χ3n) is 4.40. The Hall–Kier alpha value is -1.34. The van der Waals surface area contributed by atoms with Crippen molar-refractivity contribution in [3.63, 3.8) is 0 Å². The summed E-state index contributed by atoms with van der Waals surface area (Å²) in [7, 11) is 0. The molecule has 0 aliphatic carbocycles. The molecule has 0 heterocycles. The lowest BCUT2D eigenvalue weighted by Gasteiger charge is -2.13. The van der Waals surface area contributed by atoms with Gasteiger partial charge in [0.15, 0.2) is 5.78 Å². The van der Waals surface area contributed by atoms with Crippen LogP contribution in [0.2, 0.25) is 10.0 Å². The van der Waals surface area contributed by atoms with Gasteiger partial charge in [0.05, 0.1) is 21.1 Å². The van der Waals surface area contributed by atoms with Crippen molar-refractivity contribution in [3.8, 4) is 11.8 Å². The van der Waals surface area contributed by atoms with Crippen LogP contribution in [0.5, 0.6) is 5.75 Å². The van der Waals surface area contributed by atoms with Crippen molar-refractivity contribution in [1.29, 1.82) is 5.26 Å². The second kappa shape index (κ2) is 9.65. The van der Waals surface area contributed by atoms with Crippen LogP contribution >= 0.6 is 68.4 Å². The average Bonchev–Trinajstić information content (AvgIpc) is 2.68. The predicted molar refractivity (Wildman–Crippen MR) is 132 cm³/mol. The Kier molecular flexibility index (Phi) is 7.43. The van der Waals surface area contributed by atoms with Gasteiger partial charge in [-0.2, -0.15) is 5.26 Å². The minimum atomic E-state index is -0.536. The van der Waals surface area contributed by atoms with Gasteiger partial charge < -0.3 is 5.11 Å². The van der Waals surface area contributed by atoms with Gasteiger partial charge in [0.25, 0.3) is 0 Å². The molecule has 0 saturated carbocycles. The summed E-state index contributed by atoms with van der Waals surface area (Å²) >= 11 is 16.5. The summed E-state index contributed by atoms with van der Waals surface area (Å²) < 4.78 is 1.51. The van der Waals surface area contributed by atoms with Crippen LogP contribution in [0.15, 0.2) is 54.6 Å². The molecule has 3 rings (SSSR count). The van der Waals surface area contributed by atoms with Gasteiger partial charge in [-0.25, -0.2) is 0 Å². The normalized spacial score (nSPS) is 11.7. The van der Waals surface area contributed by atoms with Crippen molar-refractivity contribution in [1.82, 2.24) is 0 Å². The molecule has 0 aromatic heterocycles. The summed E-state index contributed by atoms with van der Waals surface area (Å²) in [6, 6.07) is 18.1. The van der Waals surface area contributed by atoms with Crippen LogP contribution < -0.4 is 0 Å². The minimum Gasteiger partial charge on any atom is -0.506 e. The first-order valence-corrected chi connectivity index (χ1v) is 11.4. The molecule has 0 amide bonds. The van der Waals surface area contributed by atoms with Crippen LogP contribution in [0, 0.1) is 18.5 Å². The SMILES string of the molecule is N#CC(c1ccc(Cl)cc1)c1ccc(CC(=O)c2cc(I)cc(I)c2O)cc1Cl. The number of carbonyl (C=O) groups excluding carboxylic acids is 1. The van der Waals surface area contributed by atoms with Crippen molar-refractivity contribution in [2.75, 3.05) is 0 Å². The van der Waals surface area contributed by atoms with Crippen molar-refractivity contribution in [2.24, 2.45) is 0 Å². The topological polar surface area (TPSA) is 61.1 Å². The zero-order chi connectivity index (χ0) is 21.1. The fourth-order valence-corrected chi connectivity index (χ4v) is 5.24. The Bertz CT molecular complexity index is 1120. The number of ketones is 1. The number of Topliss-reactive ketones (excluding diaryl/α,β-unsaturated/α-hetero) is 1. The van der Waals surface area contributed by atoms with Gasteiger partial charge in [0.2, 0.25) is 0 Å². The van der Waals surface area contributed by atoms with E-state index in [1.165, 1.54) is 0 Å². The van der Waals surface area contributed by atoms with Crippen molar-refractivity contribution in [3.05, 3.63) is 94.0 Å². The van der Waals surface area contributed by atoms with Gasteiger partial charge in [-0.15, -0.1) is 0 Å². The second-order valence-electron chi connectivity index (χ2n) is 6.35. The van der Waals surface area contributed by atoms with E-state index in [9.17, 15) is 15.2 Å². The van der Waals surface area contributed by atoms with Crippen LogP contribution in [0.1, 0.15) is 33.0 Å². The highest BCUT2D eigenvalue weighted by Gasteiger charge is 2.19. The molecule has 0 saturated heterocycles. The van der Waals surface area contributed by atoms with Gasteiger partial charge in [-0.1, -0.05) is 47.5 Å². The Morgan fingerprint density at radius 1 is 1.07 bits per heavy atom. The van der Waals surface area contributed by atoms with Crippen LogP contribution in [-0.4, -0.2) is 10.9 Å². The van der Waals surface area contributed by atoms with Crippen LogP contribution in [0.25, 0.3) is 0 Å². The fourth-order valence-electron chi connectivity index (χ4n) is 2.95. The molecule has 1 unspecified atom stereocenters. The standard InChI is InChI=1S/C22H13Cl2I2NO2/c23-14-4-2-13(3-5-14)18(11-27)16-6-1-12(7-19(16)24)8-21(28)17-9-15(25)10-20(26)22(17)29/h1-7,9-10,18,29H,8H2. The van der Waals surface area contributed by atoms with E-state index in [0.29, 0.717) is 24.7 Å². The molecule has 0 bridgehead atoms. The number of benzene rings is 3. The minimum absolute atomic E-state index is 0.00832. The number of hydrogen-bond acceptors (Lipinski definition) is 3. The number of phenolic OH excluding ortho intramolecular Hbond substituents is 1. The maximum Gasteiger partial charge on any atom is 0.171 e. The predicted octanol–water partition coefficient (Wildman–Crippen LogP) is 6.99. The van der Waals surface area contributed by atoms with Crippen LogP contribution in [-0.2, 0) is 6.42 Å². The number of nitriles is 1.